The fraction of sp³-hybridized carbons (Fsp3) is 0.600. The molecule has 1 rings (SSSR count). The van der Waals surface area contributed by atoms with Crippen LogP contribution in [-0.4, -0.2) is 15.0 Å². The van der Waals surface area contributed by atoms with Crippen LogP contribution in [0.2, 0.25) is 0 Å². The Morgan fingerprint density at radius 2 is 1.75 bits per heavy atom. The third kappa shape index (κ3) is 4.89. The lowest BCUT2D eigenvalue weighted by Crippen LogP contribution is -2.37. The van der Waals surface area contributed by atoms with E-state index >= 15 is 0 Å². The Bertz CT molecular complexity index is 537. The second-order valence-corrected chi connectivity index (χ2v) is 8.00. The average molecular weight is 298 g/mol. The zero-order valence-electron chi connectivity index (χ0n) is 12.8. The molecule has 0 fully saturated rings. The minimum Gasteiger partial charge on any atom is -0.326 e. The van der Waals surface area contributed by atoms with Crippen LogP contribution in [-0.2, 0) is 22.3 Å². The van der Waals surface area contributed by atoms with E-state index in [0.717, 1.165) is 11.1 Å². The molecule has 0 heterocycles. The molecule has 0 bridgehead atoms. The molecule has 0 amide bonds. The van der Waals surface area contributed by atoms with Crippen molar-refractivity contribution in [1.82, 2.24) is 4.72 Å². The minimum atomic E-state index is -3.34. The molecule has 0 saturated carbocycles. The van der Waals surface area contributed by atoms with Gasteiger partial charge in [-0.1, -0.05) is 52.0 Å². The standard InChI is InChI=1S/C15H26N2O2S/c1-12(2)15(3,4)11-17-20(18,19)10-14-8-6-5-7-13(14)9-16/h5-8,12,17H,9-11,16H2,1-4H3. The highest BCUT2D eigenvalue weighted by Crippen LogP contribution is 2.25. The van der Waals surface area contributed by atoms with Crippen molar-refractivity contribution in [3.63, 3.8) is 0 Å². The summed E-state index contributed by atoms with van der Waals surface area (Å²) in [7, 11) is -3.34. The Labute approximate surface area is 122 Å². The van der Waals surface area contributed by atoms with Crippen molar-refractivity contribution in [1.29, 1.82) is 0 Å². The molecule has 4 nitrogen and oxygen atoms in total. The molecule has 114 valence electrons. The van der Waals surface area contributed by atoms with E-state index in [4.69, 9.17) is 5.73 Å². The summed E-state index contributed by atoms with van der Waals surface area (Å²) in [5.41, 5.74) is 7.21. The highest BCUT2D eigenvalue weighted by atomic mass is 32.2. The van der Waals surface area contributed by atoms with Gasteiger partial charge in [0.05, 0.1) is 5.75 Å². The third-order valence-electron chi connectivity index (χ3n) is 3.99. The summed E-state index contributed by atoms with van der Waals surface area (Å²) in [6, 6.07) is 7.38. The Hall–Kier alpha value is -0.910. The lowest BCUT2D eigenvalue weighted by atomic mass is 9.81. The highest BCUT2D eigenvalue weighted by Gasteiger charge is 2.25. The van der Waals surface area contributed by atoms with Crippen molar-refractivity contribution in [2.75, 3.05) is 6.54 Å². The van der Waals surface area contributed by atoms with E-state index in [-0.39, 0.29) is 11.2 Å². The molecule has 3 N–H and O–H groups in total. The topological polar surface area (TPSA) is 72.2 Å². The second kappa shape index (κ2) is 6.70. The molecule has 1 aromatic carbocycles. The van der Waals surface area contributed by atoms with Crippen molar-refractivity contribution in [2.45, 2.75) is 40.0 Å². The number of nitrogens with one attached hydrogen (secondary N) is 1. The summed E-state index contributed by atoms with van der Waals surface area (Å²) in [5, 5.41) is 0. The van der Waals surface area contributed by atoms with Crippen LogP contribution in [0.5, 0.6) is 0 Å². The van der Waals surface area contributed by atoms with Crippen molar-refractivity contribution in [3.8, 4) is 0 Å². The van der Waals surface area contributed by atoms with E-state index in [1.54, 1.807) is 0 Å². The maximum absolute atomic E-state index is 12.2. The van der Waals surface area contributed by atoms with Gasteiger partial charge in [0, 0.05) is 13.1 Å². The minimum absolute atomic E-state index is 0.0193. The molecule has 0 saturated heterocycles. The molecule has 0 aliphatic carbocycles. The Morgan fingerprint density at radius 1 is 1.20 bits per heavy atom. The van der Waals surface area contributed by atoms with E-state index in [9.17, 15) is 8.42 Å². The SMILES string of the molecule is CC(C)C(C)(C)CNS(=O)(=O)Cc1ccccc1CN. The molecule has 0 aliphatic heterocycles. The van der Waals surface area contributed by atoms with Crippen LogP contribution >= 0.6 is 0 Å². The van der Waals surface area contributed by atoms with Gasteiger partial charge < -0.3 is 5.73 Å². The van der Waals surface area contributed by atoms with Gasteiger partial charge in [-0.15, -0.1) is 0 Å². The zero-order valence-corrected chi connectivity index (χ0v) is 13.6. The molecular formula is C15H26N2O2S. The summed E-state index contributed by atoms with van der Waals surface area (Å²) >= 11 is 0. The smallest absolute Gasteiger partial charge is 0.215 e. The first-order valence-electron chi connectivity index (χ1n) is 6.92. The predicted octanol–water partition coefficient (Wildman–Crippen LogP) is 2.25. The van der Waals surface area contributed by atoms with Gasteiger partial charge in [-0.05, 0) is 22.5 Å². The van der Waals surface area contributed by atoms with E-state index < -0.39 is 10.0 Å². The number of rotatable bonds is 7. The largest absolute Gasteiger partial charge is 0.326 e. The van der Waals surface area contributed by atoms with Crippen molar-refractivity contribution < 1.29 is 8.42 Å². The Balaban J connectivity index is 2.76. The van der Waals surface area contributed by atoms with Crippen LogP contribution in [0, 0.1) is 11.3 Å². The van der Waals surface area contributed by atoms with Crippen molar-refractivity contribution >= 4 is 10.0 Å². The Morgan fingerprint density at radius 3 is 2.25 bits per heavy atom. The van der Waals surface area contributed by atoms with Crippen molar-refractivity contribution in [2.24, 2.45) is 17.1 Å². The first kappa shape index (κ1) is 17.1. The fourth-order valence-electron chi connectivity index (χ4n) is 1.65. The number of hydrogen-bond acceptors (Lipinski definition) is 3. The molecule has 20 heavy (non-hydrogen) atoms. The molecule has 0 atom stereocenters. The Kier molecular flexibility index (Phi) is 5.74. The summed E-state index contributed by atoms with van der Waals surface area (Å²) in [5.74, 6) is 0.385. The molecule has 5 heteroatoms. The van der Waals surface area contributed by atoms with Gasteiger partial charge in [-0.3, -0.25) is 0 Å². The summed E-state index contributed by atoms with van der Waals surface area (Å²) in [6.45, 7) is 9.11. The van der Waals surface area contributed by atoms with Crippen LogP contribution in [0.1, 0.15) is 38.8 Å². The monoisotopic (exact) mass is 298 g/mol. The molecule has 0 radical (unpaired) electrons. The van der Waals surface area contributed by atoms with Crippen LogP contribution in [0.25, 0.3) is 0 Å². The molecule has 0 aliphatic rings. The molecule has 0 spiro atoms. The molecule has 0 unspecified atom stereocenters. The lowest BCUT2D eigenvalue weighted by Gasteiger charge is -2.29. The normalized spacial score (nSPS) is 12.9. The van der Waals surface area contributed by atoms with E-state index in [1.807, 2.05) is 24.3 Å². The van der Waals surface area contributed by atoms with Gasteiger partial charge in [0.1, 0.15) is 0 Å². The molecular weight excluding hydrogens is 272 g/mol. The number of benzene rings is 1. The van der Waals surface area contributed by atoms with Gasteiger partial charge in [0.2, 0.25) is 10.0 Å². The maximum atomic E-state index is 12.2. The maximum Gasteiger partial charge on any atom is 0.215 e. The van der Waals surface area contributed by atoms with Gasteiger partial charge in [0.25, 0.3) is 0 Å². The molecule has 1 aromatic rings. The predicted molar refractivity (Wildman–Crippen MR) is 83.6 cm³/mol. The number of nitrogens with two attached hydrogens (primary N) is 1. The quantitative estimate of drug-likeness (QED) is 0.811. The van der Waals surface area contributed by atoms with Crippen LogP contribution < -0.4 is 10.5 Å². The van der Waals surface area contributed by atoms with Gasteiger partial charge in [-0.2, -0.15) is 0 Å². The van der Waals surface area contributed by atoms with Crippen LogP contribution in [0.15, 0.2) is 24.3 Å². The highest BCUT2D eigenvalue weighted by molar-refractivity contribution is 7.88. The number of sulfonamides is 1. The van der Waals surface area contributed by atoms with Gasteiger partial charge >= 0.3 is 0 Å². The van der Waals surface area contributed by atoms with Crippen LogP contribution in [0.4, 0.5) is 0 Å². The lowest BCUT2D eigenvalue weighted by molar-refractivity contribution is 0.252. The third-order valence-corrected chi connectivity index (χ3v) is 5.27. The van der Waals surface area contributed by atoms with Crippen LogP contribution in [0.3, 0.4) is 0 Å². The van der Waals surface area contributed by atoms with E-state index in [2.05, 4.69) is 32.4 Å². The summed E-state index contributed by atoms with van der Waals surface area (Å²) in [6.07, 6.45) is 0. The first-order chi connectivity index (χ1) is 9.18. The fourth-order valence-corrected chi connectivity index (χ4v) is 3.04. The van der Waals surface area contributed by atoms with Crippen molar-refractivity contribution in [3.05, 3.63) is 35.4 Å². The summed E-state index contributed by atoms with van der Waals surface area (Å²) < 4.78 is 27.1. The van der Waals surface area contributed by atoms with Gasteiger partial charge in [-0.25, -0.2) is 13.1 Å². The zero-order chi connectivity index (χ0) is 15.4. The van der Waals surface area contributed by atoms with E-state index in [1.165, 1.54) is 0 Å². The summed E-state index contributed by atoms with van der Waals surface area (Å²) in [4.78, 5) is 0. The first-order valence-corrected chi connectivity index (χ1v) is 8.57. The average Bonchev–Trinajstić information content (AvgIpc) is 2.37. The van der Waals surface area contributed by atoms with E-state index in [0.29, 0.717) is 19.0 Å². The van der Waals surface area contributed by atoms with Gasteiger partial charge in [0.15, 0.2) is 0 Å². The molecule has 0 aromatic heterocycles. The number of hydrogen-bond donors (Lipinski definition) is 2. The second-order valence-electron chi connectivity index (χ2n) is 6.20.